The van der Waals surface area contributed by atoms with Crippen LogP contribution in [0.1, 0.15) is 38.1 Å². The standard InChI is InChI=1S/C16H26N2O4.ClH/c1-5-20-13-8-12(16(19)18-11(4)10-17)9-14(21-6-2)15(13)22-7-3;/h8-9,11H,5-7,10,17H2,1-4H3,(H,18,19);1H/t11-;/m1./s1. The lowest BCUT2D eigenvalue weighted by Crippen LogP contribution is -2.37. The fourth-order valence-electron chi connectivity index (χ4n) is 1.89. The second kappa shape index (κ2) is 11.0. The number of halogens is 1. The van der Waals surface area contributed by atoms with E-state index in [0.717, 1.165) is 0 Å². The molecule has 1 amide bonds. The summed E-state index contributed by atoms with van der Waals surface area (Å²) in [5.41, 5.74) is 5.99. The summed E-state index contributed by atoms with van der Waals surface area (Å²) in [4.78, 5) is 12.3. The first-order valence-corrected chi connectivity index (χ1v) is 7.64. The summed E-state index contributed by atoms with van der Waals surface area (Å²) in [6.07, 6.45) is 0. The van der Waals surface area contributed by atoms with Gasteiger partial charge in [0.1, 0.15) is 0 Å². The van der Waals surface area contributed by atoms with Crippen LogP contribution >= 0.6 is 12.4 Å². The molecule has 0 saturated carbocycles. The Hall–Kier alpha value is -1.66. The van der Waals surface area contributed by atoms with Crippen molar-refractivity contribution in [3.63, 3.8) is 0 Å². The number of carbonyl (C=O) groups is 1. The van der Waals surface area contributed by atoms with Crippen LogP contribution in [-0.4, -0.2) is 38.3 Å². The molecule has 0 aliphatic heterocycles. The van der Waals surface area contributed by atoms with E-state index in [-0.39, 0.29) is 24.4 Å². The monoisotopic (exact) mass is 346 g/mol. The van der Waals surface area contributed by atoms with E-state index >= 15 is 0 Å². The maximum absolute atomic E-state index is 12.3. The quantitative estimate of drug-likeness (QED) is 0.717. The van der Waals surface area contributed by atoms with Gasteiger partial charge in [0.25, 0.3) is 5.91 Å². The summed E-state index contributed by atoms with van der Waals surface area (Å²) in [7, 11) is 0. The minimum Gasteiger partial charge on any atom is -0.490 e. The van der Waals surface area contributed by atoms with Crippen molar-refractivity contribution in [2.24, 2.45) is 5.73 Å². The molecule has 0 spiro atoms. The molecule has 0 radical (unpaired) electrons. The van der Waals surface area contributed by atoms with E-state index in [1.165, 1.54) is 0 Å². The summed E-state index contributed by atoms with van der Waals surface area (Å²) in [6, 6.07) is 3.22. The molecule has 23 heavy (non-hydrogen) atoms. The van der Waals surface area contributed by atoms with Gasteiger partial charge in [-0.2, -0.15) is 0 Å². The van der Waals surface area contributed by atoms with Crippen LogP contribution in [0.5, 0.6) is 17.2 Å². The lowest BCUT2D eigenvalue weighted by molar-refractivity contribution is 0.0940. The first-order valence-electron chi connectivity index (χ1n) is 7.64. The van der Waals surface area contributed by atoms with E-state index < -0.39 is 0 Å². The number of hydrogen-bond donors (Lipinski definition) is 2. The molecule has 0 aliphatic rings. The van der Waals surface area contributed by atoms with Crippen LogP contribution in [0.3, 0.4) is 0 Å². The van der Waals surface area contributed by atoms with E-state index in [0.29, 0.717) is 49.2 Å². The second-order valence-electron chi connectivity index (χ2n) is 4.71. The Kier molecular flexibility index (Phi) is 10.2. The van der Waals surface area contributed by atoms with Crippen LogP contribution in [0.4, 0.5) is 0 Å². The number of nitrogens with two attached hydrogens (primary N) is 1. The summed E-state index contributed by atoms with van der Waals surface area (Å²) in [6.45, 7) is 9.27. The van der Waals surface area contributed by atoms with Crippen molar-refractivity contribution in [3.8, 4) is 17.2 Å². The molecule has 0 aromatic heterocycles. The molecule has 7 heteroatoms. The molecule has 1 aromatic carbocycles. The Morgan fingerprint density at radius 1 is 1.09 bits per heavy atom. The summed E-state index contributed by atoms with van der Waals surface area (Å²) >= 11 is 0. The van der Waals surface area contributed by atoms with Crippen LogP contribution in [0.25, 0.3) is 0 Å². The third kappa shape index (κ3) is 6.15. The topological polar surface area (TPSA) is 82.8 Å². The van der Waals surface area contributed by atoms with Crippen molar-refractivity contribution < 1.29 is 19.0 Å². The molecule has 6 nitrogen and oxygen atoms in total. The van der Waals surface area contributed by atoms with Gasteiger partial charge in [-0.05, 0) is 39.8 Å². The van der Waals surface area contributed by atoms with Crippen molar-refractivity contribution in [3.05, 3.63) is 17.7 Å². The molecule has 1 atom stereocenters. The number of carbonyl (C=O) groups excluding carboxylic acids is 1. The van der Waals surface area contributed by atoms with Crippen molar-refractivity contribution in [1.29, 1.82) is 0 Å². The van der Waals surface area contributed by atoms with Gasteiger partial charge in [-0.3, -0.25) is 4.79 Å². The molecule has 0 heterocycles. The maximum atomic E-state index is 12.3. The highest BCUT2D eigenvalue weighted by atomic mass is 35.5. The Balaban J connectivity index is 0.00000484. The summed E-state index contributed by atoms with van der Waals surface area (Å²) in [5.74, 6) is 1.30. The lowest BCUT2D eigenvalue weighted by atomic mass is 10.1. The zero-order valence-electron chi connectivity index (χ0n) is 14.2. The highest BCUT2D eigenvalue weighted by Gasteiger charge is 2.18. The van der Waals surface area contributed by atoms with Crippen LogP contribution in [0.2, 0.25) is 0 Å². The fraction of sp³-hybridized carbons (Fsp3) is 0.562. The van der Waals surface area contributed by atoms with Crippen LogP contribution < -0.4 is 25.3 Å². The van der Waals surface area contributed by atoms with E-state index in [2.05, 4.69) is 5.32 Å². The minimum atomic E-state index is -0.220. The molecule has 1 rings (SSSR count). The molecule has 0 saturated heterocycles. The van der Waals surface area contributed by atoms with Crippen molar-refractivity contribution in [2.75, 3.05) is 26.4 Å². The van der Waals surface area contributed by atoms with Gasteiger partial charge in [0, 0.05) is 18.2 Å². The molecule has 0 bridgehead atoms. The van der Waals surface area contributed by atoms with Crippen molar-refractivity contribution in [1.82, 2.24) is 5.32 Å². The predicted molar refractivity (Wildman–Crippen MR) is 93.2 cm³/mol. The van der Waals surface area contributed by atoms with Crippen molar-refractivity contribution in [2.45, 2.75) is 33.7 Å². The first-order chi connectivity index (χ1) is 10.6. The van der Waals surface area contributed by atoms with Crippen LogP contribution in [0.15, 0.2) is 12.1 Å². The minimum absolute atomic E-state index is 0. The third-order valence-electron chi connectivity index (χ3n) is 2.90. The molecular formula is C16H27ClN2O4. The molecular weight excluding hydrogens is 320 g/mol. The number of benzene rings is 1. The number of hydrogen-bond acceptors (Lipinski definition) is 5. The lowest BCUT2D eigenvalue weighted by Gasteiger charge is -2.18. The zero-order valence-corrected chi connectivity index (χ0v) is 15.0. The zero-order chi connectivity index (χ0) is 16.5. The number of nitrogens with one attached hydrogen (secondary N) is 1. The van der Waals surface area contributed by atoms with Gasteiger partial charge in [-0.15, -0.1) is 12.4 Å². The highest BCUT2D eigenvalue weighted by molar-refractivity contribution is 5.95. The van der Waals surface area contributed by atoms with Crippen molar-refractivity contribution >= 4 is 18.3 Å². The molecule has 132 valence electrons. The molecule has 1 aromatic rings. The Morgan fingerprint density at radius 3 is 1.96 bits per heavy atom. The van der Waals surface area contributed by atoms with E-state index in [1.807, 2.05) is 27.7 Å². The van der Waals surface area contributed by atoms with Gasteiger partial charge in [0.05, 0.1) is 19.8 Å². The second-order valence-corrected chi connectivity index (χ2v) is 4.71. The summed E-state index contributed by atoms with van der Waals surface area (Å²) in [5, 5.41) is 2.82. The van der Waals surface area contributed by atoms with Crippen LogP contribution in [0, 0.1) is 0 Å². The van der Waals surface area contributed by atoms with Gasteiger partial charge >= 0.3 is 0 Å². The number of amides is 1. The third-order valence-corrected chi connectivity index (χ3v) is 2.90. The van der Waals surface area contributed by atoms with Gasteiger partial charge in [-0.25, -0.2) is 0 Å². The maximum Gasteiger partial charge on any atom is 0.251 e. The van der Waals surface area contributed by atoms with E-state index in [9.17, 15) is 4.79 Å². The molecule has 0 aliphatic carbocycles. The Labute approximate surface area is 144 Å². The largest absolute Gasteiger partial charge is 0.490 e. The van der Waals surface area contributed by atoms with Gasteiger partial charge in [0.15, 0.2) is 11.5 Å². The summed E-state index contributed by atoms with van der Waals surface area (Å²) < 4.78 is 16.8. The normalized spacial score (nSPS) is 11.2. The molecule has 0 fully saturated rings. The highest BCUT2D eigenvalue weighted by Crippen LogP contribution is 2.39. The Bertz CT molecular complexity index is 470. The van der Waals surface area contributed by atoms with E-state index in [1.54, 1.807) is 12.1 Å². The molecule has 0 unspecified atom stereocenters. The number of ether oxygens (including phenoxy) is 3. The van der Waals surface area contributed by atoms with Gasteiger partial charge < -0.3 is 25.3 Å². The van der Waals surface area contributed by atoms with E-state index in [4.69, 9.17) is 19.9 Å². The average Bonchev–Trinajstić information content (AvgIpc) is 2.50. The fourth-order valence-corrected chi connectivity index (χ4v) is 1.89. The smallest absolute Gasteiger partial charge is 0.251 e. The van der Waals surface area contributed by atoms with Gasteiger partial charge in [0.2, 0.25) is 5.75 Å². The first kappa shape index (κ1) is 21.3. The Morgan fingerprint density at radius 2 is 1.57 bits per heavy atom. The molecule has 3 N–H and O–H groups in total. The average molecular weight is 347 g/mol. The van der Waals surface area contributed by atoms with Gasteiger partial charge in [-0.1, -0.05) is 0 Å². The van der Waals surface area contributed by atoms with Crippen LogP contribution in [-0.2, 0) is 0 Å². The number of rotatable bonds is 9. The predicted octanol–water partition coefficient (Wildman–Crippen LogP) is 2.38. The SMILES string of the molecule is CCOc1cc(C(=O)N[C@H](C)CN)cc(OCC)c1OCC.Cl.